The van der Waals surface area contributed by atoms with E-state index in [4.69, 9.17) is 0 Å². The van der Waals surface area contributed by atoms with Crippen LogP contribution in [0.25, 0.3) is 0 Å². The Hall–Kier alpha value is -2.24. The van der Waals surface area contributed by atoms with Crippen LogP contribution in [0.1, 0.15) is 25.3 Å². The molecule has 6 heteroatoms. The summed E-state index contributed by atoms with van der Waals surface area (Å²) in [6, 6.07) is 8.65. The minimum atomic E-state index is 0.0261. The fourth-order valence-corrected chi connectivity index (χ4v) is 2.93. The van der Waals surface area contributed by atoms with Crippen molar-refractivity contribution in [3.8, 4) is 0 Å². The fourth-order valence-electron chi connectivity index (χ4n) is 2.93. The van der Waals surface area contributed by atoms with Gasteiger partial charge < -0.3 is 20.0 Å². The van der Waals surface area contributed by atoms with Gasteiger partial charge in [-0.05, 0) is 31.0 Å². The van der Waals surface area contributed by atoms with E-state index in [9.17, 15) is 4.79 Å². The van der Waals surface area contributed by atoms with Crippen LogP contribution in [-0.4, -0.2) is 75.0 Å². The van der Waals surface area contributed by atoms with Gasteiger partial charge in [0.25, 0.3) is 0 Å². The second-order valence-corrected chi connectivity index (χ2v) is 7.02. The van der Waals surface area contributed by atoms with E-state index in [1.54, 1.807) is 19.0 Å². The van der Waals surface area contributed by atoms with Crippen molar-refractivity contribution in [2.75, 3.05) is 58.3 Å². The molecule has 0 radical (unpaired) electrons. The van der Waals surface area contributed by atoms with Crippen molar-refractivity contribution in [1.29, 1.82) is 0 Å². The van der Waals surface area contributed by atoms with Crippen LogP contribution in [0.15, 0.2) is 29.3 Å². The molecule has 0 spiro atoms. The molecular formula is C20H33N5O. The smallest absolute Gasteiger partial charge is 0.243 e. The molecule has 6 nitrogen and oxygen atoms in total. The Morgan fingerprint density at radius 2 is 1.96 bits per heavy atom. The molecule has 0 aliphatic carbocycles. The predicted octanol–water partition coefficient (Wildman–Crippen LogP) is 1.95. The first kappa shape index (κ1) is 20.1. The van der Waals surface area contributed by atoms with Crippen LogP contribution in [0, 0.1) is 6.92 Å². The highest BCUT2D eigenvalue weighted by Gasteiger charge is 2.20. The Morgan fingerprint density at radius 3 is 2.58 bits per heavy atom. The molecule has 1 saturated heterocycles. The molecule has 1 aliphatic heterocycles. The maximum Gasteiger partial charge on any atom is 0.243 e. The number of aliphatic imine (C=N–C) groups is 1. The van der Waals surface area contributed by atoms with Crippen LogP contribution in [0.4, 0.5) is 5.69 Å². The van der Waals surface area contributed by atoms with Gasteiger partial charge in [-0.3, -0.25) is 4.79 Å². The van der Waals surface area contributed by atoms with Gasteiger partial charge >= 0.3 is 0 Å². The summed E-state index contributed by atoms with van der Waals surface area (Å²) in [6.07, 6.45) is 2.24. The molecule has 0 saturated carbocycles. The summed E-state index contributed by atoms with van der Waals surface area (Å²) in [5, 5.41) is 3.44. The van der Waals surface area contributed by atoms with Gasteiger partial charge in [-0.15, -0.1) is 0 Å². The lowest BCUT2D eigenvalue weighted by Gasteiger charge is -2.38. The molecule has 0 atom stereocenters. The van der Waals surface area contributed by atoms with Crippen molar-refractivity contribution < 1.29 is 4.79 Å². The van der Waals surface area contributed by atoms with Gasteiger partial charge in [0, 0.05) is 52.5 Å². The average molecular weight is 360 g/mol. The fraction of sp³-hybridized carbons (Fsp3) is 0.600. The Bertz CT molecular complexity index is 606. The third-order valence-electron chi connectivity index (χ3n) is 4.62. The van der Waals surface area contributed by atoms with E-state index >= 15 is 0 Å². The van der Waals surface area contributed by atoms with E-state index in [1.165, 1.54) is 11.3 Å². The lowest BCUT2D eigenvalue weighted by molar-refractivity contribution is -0.127. The molecule has 144 valence electrons. The number of rotatable bonds is 6. The number of carbonyl (C=O) groups is 1. The topological polar surface area (TPSA) is 51.2 Å². The number of piperazine rings is 1. The third kappa shape index (κ3) is 5.93. The number of amides is 1. The number of benzene rings is 1. The monoisotopic (exact) mass is 359 g/mol. The zero-order chi connectivity index (χ0) is 18.9. The Morgan fingerprint density at radius 1 is 1.23 bits per heavy atom. The summed E-state index contributed by atoms with van der Waals surface area (Å²) in [7, 11) is 3.53. The molecule has 1 aromatic carbocycles. The largest absolute Gasteiger partial charge is 0.368 e. The number of guanidine groups is 1. The van der Waals surface area contributed by atoms with Crippen LogP contribution in [0.2, 0.25) is 0 Å². The molecule has 2 rings (SSSR count). The number of unbranched alkanes of at least 4 members (excludes halogenated alkanes) is 1. The van der Waals surface area contributed by atoms with Crippen LogP contribution in [0.5, 0.6) is 0 Å². The van der Waals surface area contributed by atoms with E-state index in [0.29, 0.717) is 0 Å². The summed E-state index contributed by atoms with van der Waals surface area (Å²) in [6.45, 7) is 9.12. The lowest BCUT2D eigenvalue weighted by Crippen LogP contribution is -2.53. The molecule has 1 fully saturated rings. The first-order valence-electron chi connectivity index (χ1n) is 9.56. The van der Waals surface area contributed by atoms with Crippen molar-refractivity contribution in [2.24, 2.45) is 4.99 Å². The Labute approximate surface area is 157 Å². The highest BCUT2D eigenvalue weighted by molar-refractivity contribution is 5.85. The predicted molar refractivity (Wildman–Crippen MR) is 109 cm³/mol. The maximum atomic E-state index is 11.9. The molecule has 26 heavy (non-hydrogen) atoms. The number of hydrogen-bond acceptors (Lipinski definition) is 3. The van der Waals surface area contributed by atoms with Crippen LogP contribution >= 0.6 is 0 Å². The molecule has 0 bridgehead atoms. The molecule has 1 amide bonds. The quantitative estimate of drug-likeness (QED) is 0.479. The first-order chi connectivity index (χ1) is 12.5. The minimum Gasteiger partial charge on any atom is -0.368 e. The third-order valence-corrected chi connectivity index (χ3v) is 4.62. The first-order valence-corrected chi connectivity index (χ1v) is 9.56. The van der Waals surface area contributed by atoms with E-state index < -0.39 is 0 Å². The summed E-state index contributed by atoms with van der Waals surface area (Å²) in [5.74, 6) is 0.885. The van der Waals surface area contributed by atoms with Gasteiger partial charge in [-0.1, -0.05) is 25.5 Å². The molecule has 1 aromatic rings. The second kappa shape index (κ2) is 10.0. The summed E-state index contributed by atoms with van der Waals surface area (Å²) in [4.78, 5) is 22.7. The van der Waals surface area contributed by atoms with Crippen molar-refractivity contribution in [2.45, 2.75) is 26.7 Å². The van der Waals surface area contributed by atoms with Crippen molar-refractivity contribution in [3.63, 3.8) is 0 Å². The molecular weight excluding hydrogens is 326 g/mol. The van der Waals surface area contributed by atoms with Gasteiger partial charge in [-0.2, -0.15) is 0 Å². The maximum absolute atomic E-state index is 11.9. The van der Waals surface area contributed by atoms with Gasteiger partial charge in [0.15, 0.2) is 5.96 Å². The van der Waals surface area contributed by atoms with E-state index in [1.807, 2.05) is 0 Å². The summed E-state index contributed by atoms with van der Waals surface area (Å²) in [5.41, 5.74) is 2.57. The molecule has 0 aromatic heterocycles. The van der Waals surface area contributed by atoms with Gasteiger partial charge in [0.1, 0.15) is 6.54 Å². The van der Waals surface area contributed by atoms with Crippen molar-refractivity contribution in [1.82, 2.24) is 15.1 Å². The normalized spacial score (nSPS) is 15.2. The number of nitrogens with one attached hydrogen (secondary N) is 1. The molecule has 1 heterocycles. The highest BCUT2D eigenvalue weighted by Crippen LogP contribution is 2.17. The van der Waals surface area contributed by atoms with E-state index in [-0.39, 0.29) is 12.5 Å². The zero-order valence-electron chi connectivity index (χ0n) is 16.7. The number of carbonyl (C=O) groups excluding carboxylic acids is 1. The molecule has 1 N–H and O–H groups in total. The number of aryl methyl sites for hydroxylation is 1. The van der Waals surface area contributed by atoms with Crippen molar-refractivity contribution >= 4 is 17.6 Å². The lowest BCUT2D eigenvalue weighted by atomic mass is 10.2. The minimum absolute atomic E-state index is 0.0261. The Balaban J connectivity index is 1.98. The second-order valence-electron chi connectivity index (χ2n) is 7.02. The van der Waals surface area contributed by atoms with E-state index in [0.717, 1.165) is 51.5 Å². The van der Waals surface area contributed by atoms with E-state index in [2.05, 4.69) is 58.2 Å². The number of nitrogens with zero attached hydrogens (tertiary/aromatic N) is 4. The molecule has 0 unspecified atom stereocenters. The zero-order valence-corrected chi connectivity index (χ0v) is 16.7. The highest BCUT2D eigenvalue weighted by atomic mass is 16.2. The van der Waals surface area contributed by atoms with Crippen LogP contribution in [0.3, 0.4) is 0 Å². The average Bonchev–Trinajstić information content (AvgIpc) is 2.64. The number of anilines is 1. The standard InChI is InChI=1S/C20H33N5O/c1-5-6-10-21-20(22-16-19(26)23(3)4)25-13-11-24(12-14-25)18-9-7-8-17(2)15-18/h7-9,15H,5-6,10-14,16H2,1-4H3,(H,21,22). The van der Waals surface area contributed by atoms with Gasteiger partial charge in [-0.25, -0.2) is 4.99 Å². The SMILES string of the molecule is CCCCNC(=NCC(=O)N(C)C)N1CCN(c2cccc(C)c2)CC1. The Kier molecular flexibility index (Phi) is 7.75. The number of hydrogen-bond donors (Lipinski definition) is 1. The van der Waals surface area contributed by atoms with Crippen molar-refractivity contribution in [3.05, 3.63) is 29.8 Å². The number of likely N-dealkylation sites (N-methyl/N-ethyl adjacent to an activating group) is 1. The summed E-state index contributed by atoms with van der Waals surface area (Å²) >= 11 is 0. The summed E-state index contributed by atoms with van der Waals surface area (Å²) < 4.78 is 0. The van der Waals surface area contributed by atoms with Gasteiger partial charge in [0.05, 0.1) is 0 Å². The molecule has 1 aliphatic rings. The van der Waals surface area contributed by atoms with Crippen LogP contribution < -0.4 is 10.2 Å². The van der Waals surface area contributed by atoms with Crippen LogP contribution in [-0.2, 0) is 4.79 Å². The van der Waals surface area contributed by atoms with Gasteiger partial charge in [0.2, 0.25) is 5.91 Å².